The molecule has 3 fully saturated rings. The van der Waals surface area contributed by atoms with Crippen molar-refractivity contribution in [3.8, 4) is 0 Å². The van der Waals surface area contributed by atoms with E-state index in [4.69, 9.17) is 0 Å². The number of nitrogens with zero attached hydrogens (tertiary/aromatic N) is 2. The summed E-state index contributed by atoms with van der Waals surface area (Å²) >= 11 is 0. The lowest BCUT2D eigenvalue weighted by molar-refractivity contribution is -0.132. The number of hydrogen-bond donors (Lipinski definition) is 1. The van der Waals surface area contributed by atoms with E-state index in [9.17, 15) is 9.59 Å². The molecule has 3 rings (SSSR count). The first-order valence-electron chi connectivity index (χ1n) is 8.12. The van der Waals surface area contributed by atoms with Crippen molar-refractivity contribution in [2.24, 2.45) is 11.8 Å². The van der Waals surface area contributed by atoms with E-state index in [1.165, 1.54) is 12.8 Å². The third-order valence-electron chi connectivity index (χ3n) is 5.06. The van der Waals surface area contributed by atoms with E-state index >= 15 is 0 Å². The van der Waals surface area contributed by atoms with Crippen LogP contribution in [0.25, 0.3) is 0 Å². The maximum Gasteiger partial charge on any atom is 0.317 e. The molecule has 2 aliphatic heterocycles. The van der Waals surface area contributed by atoms with Gasteiger partial charge < -0.3 is 15.1 Å². The maximum atomic E-state index is 12.3. The van der Waals surface area contributed by atoms with Crippen LogP contribution in [0.5, 0.6) is 0 Å². The molecule has 3 aliphatic rings. The zero-order chi connectivity index (χ0) is 14.8. The Morgan fingerprint density at radius 2 is 2.00 bits per heavy atom. The van der Waals surface area contributed by atoms with Gasteiger partial charge in [0.15, 0.2) is 0 Å². The Bertz CT molecular complexity index is 433. The molecular formula is C16H25N3O2. The van der Waals surface area contributed by atoms with Gasteiger partial charge in [-0.15, -0.1) is 6.58 Å². The Hall–Kier alpha value is -1.52. The number of likely N-dealkylation sites (tertiary alicyclic amines) is 2. The van der Waals surface area contributed by atoms with Crippen LogP contribution in [0.3, 0.4) is 0 Å². The lowest BCUT2D eigenvalue weighted by atomic mass is 9.82. The second kappa shape index (κ2) is 6.08. The van der Waals surface area contributed by atoms with Gasteiger partial charge >= 0.3 is 6.03 Å². The molecule has 1 N–H and O–H groups in total. The first-order valence-corrected chi connectivity index (χ1v) is 8.12. The smallest absolute Gasteiger partial charge is 0.317 e. The SMILES string of the molecule is C=CCNC(=O)N1CCC2CC(=O)N(C3CC3)CCC2C1. The van der Waals surface area contributed by atoms with Crippen molar-refractivity contribution in [3.63, 3.8) is 0 Å². The molecular weight excluding hydrogens is 266 g/mol. The van der Waals surface area contributed by atoms with Crippen LogP contribution in [0.4, 0.5) is 4.79 Å². The molecule has 1 aliphatic carbocycles. The zero-order valence-electron chi connectivity index (χ0n) is 12.6. The zero-order valence-corrected chi connectivity index (χ0v) is 12.6. The van der Waals surface area contributed by atoms with Crippen LogP contribution in [0.1, 0.15) is 32.1 Å². The Morgan fingerprint density at radius 1 is 1.24 bits per heavy atom. The number of amides is 3. The molecule has 2 saturated heterocycles. The standard InChI is InChI=1S/C16H25N3O2/c1-2-7-17-16(21)18-8-5-12-10-15(20)19(14-3-4-14)9-6-13(12)11-18/h2,12-14H,1,3-11H2,(H,17,21). The van der Waals surface area contributed by atoms with Crippen molar-refractivity contribution in [1.82, 2.24) is 15.1 Å². The Kier molecular flexibility index (Phi) is 4.17. The topological polar surface area (TPSA) is 52.7 Å². The van der Waals surface area contributed by atoms with Gasteiger partial charge in [0.1, 0.15) is 0 Å². The van der Waals surface area contributed by atoms with Gasteiger partial charge in [-0.25, -0.2) is 4.79 Å². The maximum absolute atomic E-state index is 12.3. The highest BCUT2D eigenvalue weighted by atomic mass is 16.2. The molecule has 2 atom stereocenters. The van der Waals surface area contributed by atoms with Gasteiger partial charge in [0.25, 0.3) is 0 Å². The predicted octanol–water partition coefficient (Wildman–Crippen LogP) is 1.60. The van der Waals surface area contributed by atoms with Crippen LogP contribution < -0.4 is 5.32 Å². The first-order chi connectivity index (χ1) is 10.2. The highest BCUT2D eigenvalue weighted by Gasteiger charge is 2.40. The van der Waals surface area contributed by atoms with E-state index in [2.05, 4.69) is 16.8 Å². The molecule has 0 spiro atoms. The minimum atomic E-state index is 0.00275. The predicted molar refractivity (Wildman–Crippen MR) is 80.7 cm³/mol. The van der Waals surface area contributed by atoms with Crippen LogP contribution >= 0.6 is 0 Å². The van der Waals surface area contributed by atoms with Gasteiger partial charge in [-0.1, -0.05) is 6.08 Å². The quantitative estimate of drug-likeness (QED) is 0.803. The number of hydrogen-bond acceptors (Lipinski definition) is 2. The Labute approximate surface area is 126 Å². The molecule has 2 heterocycles. The molecule has 2 unspecified atom stereocenters. The third kappa shape index (κ3) is 3.22. The van der Waals surface area contributed by atoms with Crippen molar-refractivity contribution in [1.29, 1.82) is 0 Å². The van der Waals surface area contributed by atoms with Crippen LogP contribution in [-0.2, 0) is 4.79 Å². The van der Waals surface area contributed by atoms with E-state index in [-0.39, 0.29) is 6.03 Å². The average molecular weight is 291 g/mol. The highest BCUT2D eigenvalue weighted by Crippen LogP contribution is 2.36. The van der Waals surface area contributed by atoms with Gasteiger partial charge in [0.05, 0.1) is 0 Å². The number of nitrogens with one attached hydrogen (secondary N) is 1. The first kappa shape index (κ1) is 14.4. The molecule has 1 saturated carbocycles. The summed E-state index contributed by atoms with van der Waals surface area (Å²) in [5, 5.41) is 2.85. The number of piperidine rings is 1. The van der Waals surface area contributed by atoms with Crippen LogP contribution in [-0.4, -0.2) is 54.0 Å². The summed E-state index contributed by atoms with van der Waals surface area (Å²) in [6.07, 6.45) is 6.73. The van der Waals surface area contributed by atoms with Crippen molar-refractivity contribution >= 4 is 11.9 Å². The van der Waals surface area contributed by atoms with Crippen molar-refractivity contribution in [2.45, 2.75) is 38.1 Å². The molecule has 5 heteroatoms. The van der Waals surface area contributed by atoms with Gasteiger partial charge in [-0.2, -0.15) is 0 Å². The van der Waals surface area contributed by atoms with Crippen molar-refractivity contribution in [3.05, 3.63) is 12.7 Å². The lowest BCUT2D eigenvalue weighted by Gasteiger charge is -2.37. The highest BCUT2D eigenvalue weighted by molar-refractivity contribution is 5.78. The van der Waals surface area contributed by atoms with Crippen LogP contribution in [0.15, 0.2) is 12.7 Å². The lowest BCUT2D eigenvalue weighted by Crippen LogP contribution is -2.48. The average Bonchev–Trinajstić information content (AvgIpc) is 3.30. The van der Waals surface area contributed by atoms with Crippen molar-refractivity contribution in [2.75, 3.05) is 26.2 Å². The molecule has 3 amide bonds. The molecule has 0 aromatic heterocycles. The summed E-state index contributed by atoms with van der Waals surface area (Å²) in [5.41, 5.74) is 0. The Morgan fingerprint density at radius 3 is 2.71 bits per heavy atom. The molecule has 21 heavy (non-hydrogen) atoms. The van der Waals surface area contributed by atoms with E-state index in [0.717, 1.165) is 32.5 Å². The van der Waals surface area contributed by atoms with Crippen molar-refractivity contribution < 1.29 is 9.59 Å². The molecule has 116 valence electrons. The van der Waals surface area contributed by atoms with Crippen LogP contribution in [0, 0.1) is 11.8 Å². The normalized spacial score (nSPS) is 29.6. The summed E-state index contributed by atoms with van der Waals surface area (Å²) < 4.78 is 0. The summed E-state index contributed by atoms with van der Waals surface area (Å²) in [7, 11) is 0. The number of carbonyl (C=O) groups excluding carboxylic acids is 2. The van der Waals surface area contributed by atoms with E-state index < -0.39 is 0 Å². The minimum absolute atomic E-state index is 0.00275. The van der Waals surface area contributed by atoms with Gasteiger partial charge in [-0.3, -0.25) is 4.79 Å². The summed E-state index contributed by atoms with van der Waals surface area (Å²) in [6, 6.07) is 0.521. The second-order valence-electron chi connectivity index (χ2n) is 6.54. The fraction of sp³-hybridized carbons (Fsp3) is 0.750. The number of rotatable bonds is 3. The minimum Gasteiger partial charge on any atom is -0.340 e. The van der Waals surface area contributed by atoms with E-state index in [1.54, 1.807) is 6.08 Å². The van der Waals surface area contributed by atoms with E-state index in [0.29, 0.717) is 36.8 Å². The number of fused-ring (bicyclic) bond motifs is 1. The summed E-state index contributed by atoms with van der Waals surface area (Å²) in [4.78, 5) is 28.4. The molecule has 0 radical (unpaired) electrons. The Balaban J connectivity index is 1.59. The molecule has 0 aromatic carbocycles. The van der Waals surface area contributed by atoms with E-state index in [1.807, 2.05) is 4.90 Å². The monoisotopic (exact) mass is 291 g/mol. The summed E-state index contributed by atoms with van der Waals surface area (Å²) in [5.74, 6) is 1.28. The third-order valence-corrected chi connectivity index (χ3v) is 5.06. The number of carbonyl (C=O) groups is 2. The molecule has 5 nitrogen and oxygen atoms in total. The fourth-order valence-electron chi connectivity index (χ4n) is 3.68. The largest absolute Gasteiger partial charge is 0.340 e. The van der Waals surface area contributed by atoms with Gasteiger partial charge in [0.2, 0.25) is 5.91 Å². The fourth-order valence-corrected chi connectivity index (χ4v) is 3.68. The number of urea groups is 1. The molecule has 0 aromatic rings. The molecule has 0 bridgehead atoms. The van der Waals surface area contributed by atoms with Gasteiger partial charge in [0, 0.05) is 38.6 Å². The summed E-state index contributed by atoms with van der Waals surface area (Å²) in [6.45, 7) is 6.57. The second-order valence-corrected chi connectivity index (χ2v) is 6.54. The van der Waals surface area contributed by atoms with Gasteiger partial charge in [-0.05, 0) is 37.5 Å². The van der Waals surface area contributed by atoms with Crippen LogP contribution in [0.2, 0.25) is 0 Å².